The highest BCUT2D eigenvalue weighted by atomic mass is 35.5. The first-order chi connectivity index (χ1) is 11.5. The molecule has 0 saturated carbocycles. The molecule has 0 aliphatic carbocycles. The summed E-state index contributed by atoms with van der Waals surface area (Å²) in [6.45, 7) is 0. The Morgan fingerprint density at radius 1 is 1.29 bits per heavy atom. The lowest BCUT2D eigenvalue weighted by atomic mass is 10.2. The Labute approximate surface area is 153 Å². The van der Waals surface area contributed by atoms with Crippen molar-refractivity contribution in [2.24, 2.45) is 0 Å². The molecule has 1 aliphatic heterocycles. The van der Waals surface area contributed by atoms with Crippen LogP contribution in [-0.4, -0.2) is 22.4 Å². The van der Waals surface area contributed by atoms with E-state index in [4.69, 9.17) is 28.6 Å². The monoisotopic (exact) mass is 377 g/mol. The largest absolute Gasteiger partial charge is 0.508 e. The molecule has 7 heteroatoms. The number of halogens is 1. The van der Waals surface area contributed by atoms with Crippen molar-refractivity contribution < 1.29 is 14.6 Å². The van der Waals surface area contributed by atoms with Crippen molar-refractivity contribution in [1.29, 1.82) is 0 Å². The van der Waals surface area contributed by atoms with Gasteiger partial charge in [0.15, 0.2) is 4.32 Å². The summed E-state index contributed by atoms with van der Waals surface area (Å²) in [5, 5.41) is 9.93. The van der Waals surface area contributed by atoms with E-state index in [1.165, 1.54) is 23.8 Å². The second kappa shape index (κ2) is 6.84. The molecule has 0 radical (unpaired) electrons. The minimum atomic E-state index is -0.227. The molecule has 1 N–H and O–H groups in total. The summed E-state index contributed by atoms with van der Waals surface area (Å²) in [4.78, 5) is 14.6. The smallest absolute Gasteiger partial charge is 0.270 e. The first kappa shape index (κ1) is 16.8. The average molecular weight is 378 g/mol. The third-order valence-electron chi connectivity index (χ3n) is 3.36. The number of benzene rings is 2. The summed E-state index contributed by atoms with van der Waals surface area (Å²) >= 11 is 12.7. The van der Waals surface area contributed by atoms with Crippen molar-refractivity contribution in [2.75, 3.05) is 12.0 Å². The van der Waals surface area contributed by atoms with Gasteiger partial charge in [-0.25, -0.2) is 0 Å². The van der Waals surface area contributed by atoms with Gasteiger partial charge in [0.2, 0.25) is 0 Å². The van der Waals surface area contributed by atoms with Crippen molar-refractivity contribution in [1.82, 2.24) is 0 Å². The van der Waals surface area contributed by atoms with Crippen LogP contribution in [0.3, 0.4) is 0 Å². The minimum Gasteiger partial charge on any atom is -0.508 e. The van der Waals surface area contributed by atoms with Crippen molar-refractivity contribution in [3.63, 3.8) is 0 Å². The van der Waals surface area contributed by atoms with E-state index in [1.807, 2.05) is 0 Å². The normalized spacial score (nSPS) is 16.1. The van der Waals surface area contributed by atoms with E-state index in [1.54, 1.807) is 48.5 Å². The van der Waals surface area contributed by atoms with E-state index >= 15 is 0 Å². The number of aromatic hydroxyl groups is 1. The molecule has 0 atom stereocenters. The predicted octanol–water partition coefficient (Wildman–Crippen LogP) is 4.46. The first-order valence-corrected chi connectivity index (χ1v) is 8.50. The van der Waals surface area contributed by atoms with E-state index in [-0.39, 0.29) is 11.7 Å². The fourth-order valence-corrected chi connectivity index (χ4v) is 3.80. The molecule has 3 rings (SSSR count). The van der Waals surface area contributed by atoms with E-state index in [2.05, 4.69) is 0 Å². The van der Waals surface area contributed by atoms with Crippen molar-refractivity contribution in [3.8, 4) is 11.5 Å². The number of methoxy groups -OCH3 is 1. The standard InChI is InChI=1S/C17H12ClNO3S2/c1-22-14-6-5-11(9-13(14)18)19-16(21)15(24-17(19)23)8-10-3-2-4-12(20)7-10/h2-9,20H,1H3/b15-8+. The number of carbonyl (C=O) groups is 1. The number of thiocarbonyl (C=S) groups is 1. The van der Waals surface area contributed by atoms with Gasteiger partial charge in [-0.15, -0.1) is 0 Å². The molecule has 1 aliphatic rings. The third kappa shape index (κ3) is 3.26. The number of hydrogen-bond acceptors (Lipinski definition) is 5. The van der Waals surface area contributed by atoms with Gasteiger partial charge < -0.3 is 9.84 Å². The Morgan fingerprint density at radius 3 is 2.75 bits per heavy atom. The van der Waals surface area contributed by atoms with Crippen molar-refractivity contribution in [2.45, 2.75) is 0 Å². The maximum atomic E-state index is 12.7. The van der Waals surface area contributed by atoms with E-state index < -0.39 is 0 Å². The van der Waals surface area contributed by atoms with Crippen LogP contribution in [0.5, 0.6) is 11.5 Å². The molecule has 1 heterocycles. The lowest BCUT2D eigenvalue weighted by Gasteiger charge is -2.15. The fraction of sp³-hybridized carbons (Fsp3) is 0.0588. The van der Waals surface area contributed by atoms with Crippen LogP contribution in [0.15, 0.2) is 47.4 Å². The number of ether oxygens (including phenoxy) is 1. The second-order valence-electron chi connectivity index (χ2n) is 4.93. The molecule has 24 heavy (non-hydrogen) atoms. The Morgan fingerprint density at radius 2 is 2.08 bits per heavy atom. The number of rotatable bonds is 3. The second-order valence-corrected chi connectivity index (χ2v) is 7.01. The lowest BCUT2D eigenvalue weighted by molar-refractivity contribution is -0.113. The van der Waals surface area contributed by atoms with Crippen LogP contribution in [0.4, 0.5) is 5.69 Å². The molecule has 2 aromatic carbocycles. The van der Waals surface area contributed by atoms with Crippen LogP contribution >= 0.6 is 35.6 Å². The molecule has 122 valence electrons. The molecule has 2 aromatic rings. The van der Waals surface area contributed by atoms with Crippen molar-refractivity contribution >= 4 is 57.6 Å². The van der Waals surface area contributed by atoms with Gasteiger partial charge in [-0.3, -0.25) is 9.69 Å². The van der Waals surface area contributed by atoms with Gasteiger partial charge in [-0.05, 0) is 42.0 Å². The molecule has 0 aromatic heterocycles. The summed E-state index contributed by atoms with van der Waals surface area (Å²) in [7, 11) is 1.53. The molecule has 0 spiro atoms. The predicted molar refractivity (Wildman–Crippen MR) is 102 cm³/mol. The molecule has 1 amide bonds. The van der Waals surface area contributed by atoms with Crippen LogP contribution in [0, 0.1) is 0 Å². The minimum absolute atomic E-state index is 0.140. The zero-order valence-electron chi connectivity index (χ0n) is 12.5. The molecule has 4 nitrogen and oxygen atoms in total. The quantitative estimate of drug-likeness (QED) is 0.632. The summed E-state index contributed by atoms with van der Waals surface area (Å²) in [6.07, 6.45) is 1.70. The number of anilines is 1. The van der Waals surface area contributed by atoms with E-state index in [0.29, 0.717) is 25.7 Å². The van der Waals surface area contributed by atoms with E-state index in [9.17, 15) is 9.90 Å². The Balaban J connectivity index is 1.93. The number of phenols is 1. The van der Waals surface area contributed by atoms with Crippen LogP contribution in [0.25, 0.3) is 6.08 Å². The number of thioether (sulfide) groups is 1. The number of phenolic OH excluding ortho intramolecular Hbond substituents is 1. The maximum absolute atomic E-state index is 12.7. The topological polar surface area (TPSA) is 49.8 Å². The lowest BCUT2D eigenvalue weighted by Crippen LogP contribution is -2.27. The van der Waals surface area contributed by atoms with E-state index in [0.717, 1.165) is 5.56 Å². The molecule has 1 fully saturated rings. The van der Waals surface area contributed by atoms with Gasteiger partial charge in [-0.1, -0.05) is 47.7 Å². The number of nitrogens with zero attached hydrogens (tertiary/aromatic N) is 1. The fourth-order valence-electron chi connectivity index (χ4n) is 2.25. The average Bonchev–Trinajstić information content (AvgIpc) is 2.81. The van der Waals surface area contributed by atoms with Gasteiger partial charge in [0.1, 0.15) is 11.5 Å². The first-order valence-electron chi connectivity index (χ1n) is 6.90. The summed E-state index contributed by atoms with van der Waals surface area (Å²) in [5.41, 5.74) is 1.31. The Bertz CT molecular complexity index is 867. The SMILES string of the molecule is COc1ccc(N2C(=O)/C(=C\c3cccc(O)c3)SC2=S)cc1Cl. The summed E-state index contributed by atoms with van der Waals surface area (Å²) in [6, 6.07) is 11.7. The highest BCUT2D eigenvalue weighted by molar-refractivity contribution is 8.27. The highest BCUT2D eigenvalue weighted by Crippen LogP contribution is 2.38. The highest BCUT2D eigenvalue weighted by Gasteiger charge is 2.33. The van der Waals surface area contributed by atoms with Crippen LogP contribution in [-0.2, 0) is 4.79 Å². The third-order valence-corrected chi connectivity index (χ3v) is 4.95. The van der Waals surface area contributed by atoms with Gasteiger partial charge in [0.25, 0.3) is 5.91 Å². The van der Waals surface area contributed by atoms with Gasteiger partial charge >= 0.3 is 0 Å². The van der Waals surface area contributed by atoms with Gasteiger partial charge in [-0.2, -0.15) is 0 Å². The molecule has 0 unspecified atom stereocenters. The van der Waals surface area contributed by atoms with Gasteiger partial charge in [0.05, 0.1) is 22.7 Å². The van der Waals surface area contributed by atoms with Crippen molar-refractivity contribution in [3.05, 3.63) is 58.0 Å². The molecular formula is C17H12ClNO3S2. The van der Waals surface area contributed by atoms with Crippen LogP contribution in [0.2, 0.25) is 5.02 Å². The van der Waals surface area contributed by atoms with Gasteiger partial charge in [0, 0.05) is 0 Å². The maximum Gasteiger partial charge on any atom is 0.270 e. The Hall–Kier alpha value is -2.02. The van der Waals surface area contributed by atoms with Crippen LogP contribution in [0.1, 0.15) is 5.56 Å². The Kier molecular flexibility index (Phi) is 4.80. The molecule has 1 saturated heterocycles. The number of amides is 1. The van der Waals surface area contributed by atoms with Crippen LogP contribution < -0.4 is 9.64 Å². The zero-order chi connectivity index (χ0) is 17.3. The number of carbonyl (C=O) groups excluding carboxylic acids is 1. The summed E-state index contributed by atoms with van der Waals surface area (Å²) < 4.78 is 5.54. The molecule has 0 bridgehead atoms. The zero-order valence-corrected chi connectivity index (χ0v) is 14.9. The summed E-state index contributed by atoms with van der Waals surface area (Å²) in [5.74, 6) is 0.442. The number of hydrogen-bond donors (Lipinski definition) is 1. The molecular weight excluding hydrogens is 366 g/mol.